The number of anilines is 4. The predicted octanol–water partition coefficient (Wildman–Crippen LogP) is 2.57. The van der Waals surface area contributed by atoms with Crippen LogP contribution in [0.5, 0.6) is 0 Å². The normalized spacial score (nSPS) is 13.3. The van der Waals surface area contributed by atoms with Gasteiger partial charge in [-0.15, -0.1) is 0 Å². The molecular weight excluding hydrogens is 234 g/mol. The molecule has 1 aromatic heterocycles. The van der Waals surface area contributed by atoms with E-state index in [1.54, 1.807) is 11.3 Å². The molecule has 0 saturated carbocycles. The van der Waals surface area contributed by atoms with Crippen molar-refractivity contribution < 1.29 is 4.79 Å². The Hall–Kier alpha value is -2.01. The van der Waals surface area contributed by atoms with Crippen LogP contribution in [-0.4, -0.2) is 5.91 Å². The van der Waals surface area contributed by atoms with Gasteiger partial charge < -0.3 is 16.4 Å². The number of nitrogens with two attached hydrogens (primary N) is 1. The fourth-order valence-corrected chi connectivity index (χ4v) is 2.48. The number of nitrogens with one attached hydrogen (secondary N) is 2. The van der Waals surface area contributed by atoms with Crippen molar-refractivity contribution in [3.63, 3.8) is 0 Å². The van der Waals surface area contributed by atoms with E-state index in [4.69, 9.17) is 5.73 Å². The molecule has 86 valence electrons. The van der Waals surface area contributed by atoms with Gasteiger partial charge in [0.05, 0.1) is 17.8 Å². The number of fused-ring (bicyclic) bond motifs is 1. The zero-order chi connectivity index (χ0) is 11.8. The van der Waals surface area contributed by atoms with E-state index >= 15 is 0 Å². The number of amides is 1. The highest BCUT2D eigenvalue weighted by molar-refractivity contribution is 7.08. The summed E-state index contributed by atoms with van der Waals surface area (Å²) < 4.78 is 0. The van der Waals surface area contributed by atoms with Crippen molar-refractivity contribution in [2.24, 2.45) is 0 Å². The first-order valence-corrected chi connectivity index (χ1v) is 6.18. The average Bonchev–Trinajstić information content (AvgIpc) is 2.87. The number of carbonyl (C=O) groups is 1. The molecule has 1 aliphatic heterocycles. The molecular formula is C12H11N3OS. The second-order valence-electron chi connectivity index (χ2n) is 3.96. The number of hydrogen-bond donors (Lipinski definition) is 3. The van der Waals surface area contributed by atoms with E-state index in [2.05, 4.69) is 10.6 Å². The van der Waals surface area contributed by atoms with E-state index in [0.717, 1.165) is 22.6 Å². The van der Waals surface area contributed by atoms with Crippen molar-refractivity contribution in [2.45, 2.75) is 6.42 Å². The second-order valence-corrected chi connectivity index (χ2v) is 4.74. The van der Waals surface area contributed by atoms with Crippen LogP contribution in [0.25, 0.3) is 0 Å². The summed E-state index contributed by atoms with van der Waals surface area (Å²) in [6, 6.07) is 5.71. The largest absolute Gasteiger partial charge is 0.397 e. The summed E-state index contributed by atoms with van der Waals surface area (Å²) in [5.41, 5.74) is 10.3. The fraction of sp³-hybridized carbons (Fsp3) is 0.0833. The van der Waals surface area contributed by atoms with Gasteiger partial charge in [-0.05, 0) is 29.1 Å². The van der Waals surface area contributed by atoms with Crippen molar-refractivity contribution >= 4 is 40.0 Å². The minimum absolute atomic E-state index is 0.0204. The highest BCUT2D eigenvalue weighted by Gasteiger charge is 2.19. The summed E-state index contributed by atoms with van der Waals surface area (Å²) >= 11 is 1.62. The Morgan fingerprint density at radius 3 is 3.06 bits per heavy atom. The molecule has 4 N–H and O–H groups in total. The molecule has 0 spiro atoms. The highest BCUT2D eigenvalue weighted by atomic mass is 32.1. The van der Waals surface area contributed by atoms with Crippen molar-refractivity contribution in [3.8, 4) is 0 Å². The van der Waals surface area contributed by atoms with Crippen LogP contribution in [-0.2, 0) is 11.2 Å². The number of hydrogen-bond acceptors (Lipinski definition) is 4. The van der Waals surface area contributed by atoms with E-state index in [1.807, 2.05) is 29.0 Å². The van der Waals surface area contributed by atoms with Gasteiger partial charge in [0.15, 0.2) is 0 Å². The zero-order valence-electron chi connectivity index (χ0n) is 8.99. The van der Waals surface area contributed by atoms with Gasteiger partial charge in [-0.2, -0.15) is 11.3 Å². The third-order valence-corrected chi connectivity index (χ3v) is 3.38. The maximum Gasteiger partial charge on any atom is 0.228 e. The minimum atomic E-state index is 0.0204. The third-order valence-electron chi connectivity index (χ3n) is 2.70. The number of rotatable bonds is 2. The first-order chi connectivity index (χ1) is 8.22. The molecule has 1 aromatic carbocycles. The molecule has 0 saturated heterocycles. The van der Waals surface area contributed by atoms with Gasteiger partial charge in [-0.3, -0.25) is 4.79 Å². The Morgan fingerprint density at radius 2 is 2.29 bits per heavy atom. The molecule has 17 heavy (non-hydrogen) atoms. The van der Waals surface area contributed by atoms with Crippen LogP contribution in [0.3, 0.4) is 0 Å². The lowest BCUT2D eigenvalue weighted by atomic mass is 10.1. The van der Waals surface area contributed by atoms with Crippen molar-refractivity contribution in [2.75, 3.05) is 16.4 Å². The molecule has 2 aromatic rings. The Kier molecular flexibility index (Phi) is 2.26. The highest BCUT2D eigenvalue weighted by Crippen LogP contribution is 2.33. The molecule has 1 aliphatic rings. The second kappa shape index (κ2) is 3.78. The maximum atomic E-state index is 11.3. The monoisotopic (exact) mass is 245 g/mol. The van der Waals surface area contributed by atoms with E-state index in [1.165, 1.54) is 0 Å². The Labute approximate surface area is 102 Å². The van der Waals surface area contributed by atoms with E-state index in [0.29, 0.717) is 12.1 Å². The number of thiophene rings is 1. The SMILES string of the molecule is Nc1cc2c(cc1Nc1ccsc1)NC(=O)C2. The third kappa shape index (κ3) is 1.85. The van der Waals surface area contributed by atoms with Gasteiger partial charge in [0.2, 0.25) is 5.91 Å². The summed E-state index contributed by atoms with van der Waals surface area (Å²) in [6.07, 6.45) is 0.415. The quantitative estimate of drug-likeness (QED) is 0.712. The van der Waals surface area contributed by atoms with Crippen LogP contribution in [0.4, 0.5) is 22.7 Å². The topological polar surface area (TPSA) is 67.2 Å². The molecule has 2 heterocycles. The first kappa shape index (κ1) is 10.2. The summed E-state index contributed by atoms with van der Waals surface area (Å²) in [6.45, 7) is 0. The molecule has 0 bridgehead atoms. The Bertz CT molecular complexity index is 578. The molecule has 0 unspecified atom stereocenters. The minimum Gasteiger partial charge on any atom is -0.397 e. The average molecular weight is 245 g/mol. The molecule has 0 fully saturated rings. The van der Waals surface area contributed by atoms with E-state index in [9.17, 15) is 4.79 Å². The molecule has 0 atom stereocenters. The summed E-state index contributed by atoms with van der Waals surface area (Å²) in [5.74, 6) is 0.0204. The van der Waals surface area contributed by atoms with Crippen molar-refractivity contribution in [3.05, 3.63) is 34.5 Å². The van der Waals surface area contributed by atoms with Crippen molar-refractivity contribution in [1.82, 2.24) is 0 Å². The standard InChI is InChI=1S/C12H11N3OS/c13-9-3-7-4-12(16)15-10(7)5-11(9)14-8-1-2-17-6-8/h1-3,5-6,14H,4,13H2,(H,15,16). The number of carbonyl (C=O) groups excluding carboxylic acids is 1. The molecule has 0 aliphatic carbocycles. The van der Waals surface area contributed by atoms with Crippen molar-refractivity contribution in [1.29, 1.82) is 0 Å². The summed E-state index contributed by atoms with van der Waals surface area (Å²) in [7, 11) is 0. The van der Waals surface area contributed by atoms with Crippen LogP contribution in [0.1, 0.15) is 5.56 Å². The van der Waals surface area contributed by atoms with E-state index < -0.39 is 0 Å². The van der Waals surface area contributed by atoms with Crippen LogP contribution >= 0.6 is 11.3 Å². The summed E-state index contributed by atoms with van der Waals surface area (Å²) in [5, 5.41) is 10.0. The molecule has 3 rings (SSSR count). The van der Waals surface area contributed by atoms with Crippen LogP contribution in [0.2, 0.25) is 0 Å². The molecule has 1 amide bonds. The van der Waals surface area contributed by atoms with Crippen LogP contribution in [0.15, 0.2) is 29.0 Å². The maximum absolute atomic E-state index is 11.3. The lowest BCUT2D eigenvalue weighted by Crippen LogP contribution is -2.03. The van der Waals surface area contributed by atoms with Gasteiger partial charge in [-0.25, -0.2) is 0 Å². The van der Waals surface area contributed by atoms with Gasteiger partial charge in [0.25, 0.3) is 0 Å². The van der Waals surface area contributed by atoms with Gasteiger partial charge in [0, 0.05) is 16.8 Å². The number of nitrogen functional groups attached to an aromatic ring is 1. The van der Waals surface area contributed by atoms with Gasteiger partial charge >= 0.3 is 0 Å². The number of benzene rings is 1. The van der Waals surface area contributed by atoms with Crippen LogP contribution in [0, 0.1) is 0 Å². The predicted molar refractivity (Wildman–Crippen MR) is 70.8 cm³/mol. The fourth-order valence-electron chi connectivity index (χ4n) is 1.89. The van der Waals surface area contributed by atoms with Gasteiger partial charge in [0.1, 0.15) is 0 Å². The Morgan fingerprint density at radius 1 is 1.41 bits per heavy atom. The smallest absolute Gasteiger partial charge is 0.228 e. The Balaban J connectivity index is 1.96. The lowest BCUT2D eigenvalue weighted by Gasteiger charge is -2.10. The first-order valence-electron chi connectivity index (χ1n) is 5.24. The molecule has 5 heteroatoms. The summed E-state index contributed by atoms with van der Waals surface area (Å²) in [4.78, 5) is 11.3. The van der Waals surface area contributed by atoms with E-state index in [-0.39, 0.29) is 5.91 Å². The lowest BCUT2D eigenvalue weighted by molar-refractivity contribution is -0.115. The molecule has 0 radical (unpaired) electrons. The van der Waals surface area contributed by atoms with Gasteiger partial charge in [-0.1, -0.05) is 0 Å². The zero-order valence-corrected chi connectivity index (χ0v) is 9.80. The molecule has 4 nitrogen and oxygen atoms in total. The van der Waals surface area contributed by atoms with Crippen LogP contribution < -0.4 is 16.4 Å².